The molecule has 0 aromatic rings. The Bertz CT molecular complexity index is 1440. The number of allylic oxidation sites excluding steroid dienone is 10. The molecule has 0 spiro atoms. The Kier molecular flexibility index (Phi) is 52.3. The zero-order valence-corrected chi connectivity index (χ0v) is 47.0. The van der Waals surface area contributed by atoms with Gasteiger partial charge in [0, 0.05) is 19.3 Å². The third-order valence-electron chi connectivity index (χ3n) is 12.4. The highest BCUT2D eigenvalue weighted by Crippen LogP contribution is 2.43. The first-order chi connectivity index (χ1) is 35.2. The fraction of sp³-hybridized carbons (Fsp3) is 0.783. The van der Waals surface area contributed by atoms with Crippen LogP contribution in [-0.2, 0) is 42.2 Å². The van der Waals surface area contributed by atoms with Gasteiger partial charge in [0.15, 0.2) is 6.10 Å². The maximum absolute atomic E-state index is 12.9. The lowest BCUT2D eigenvalue weighted by Crippen LogP contribution is -2.30. The molecule has 418 valence electrons. The Morgan fingerprint density at radius 2 is 0.722 bits per heavy atom. The predicted octanol–water partition coefficient (Wildman–Crippen LogP) is 17.1. The predicted molar refractivity (Wildman–Crippen MR) is 298 cm³/mol. The molecule has 0 aliphatic rings. The van der Waals surface area contributed by atoms with Crippen molar-refractivity contribution in [2.24, 2.45) is 0 Å². The van der Waals surface area contributed by atoms with Crippen LogP contribution in [0.3, 0.4) is 0 Å². The van der Waals surface area contributed by atoms with Crippen LogP contribution in [0.4, 0.5) is 0 Å². The van der Waals surface area contributed by atoms with E-state index in [1.807, 2.05) is 0 Å². The number of aliphatic hydroxyl groups is 1. The van der Waals surface area contributed by atoms with Crippen LogP contribution in [0.15, 0.2) is 60.8 Å². The molecule has 0 aliphatic heterocycles. The van der Waals surface area contributed by atoms with Gasteiger partial charge in [-0.3, -0.25) is 23.4 Å². The summed E-state index contributed by atoms with van der Waals surface area (Å²) >= 11 is 0. The lowest BCUT2D eigenvalue weighted by molar-refractivity contribution is -0.161. The number of phosphoric ester groups is 1. The Balaban J connectivity index is 4.75. The maximum Gasteiger partial charge on any atom is 0.472 e. The fourth-order valence-corrected chi connectivity index (χ4v) is 8.77. The summed E-state index contributed by atoms with van der Waals surface area (Å²) in [6, 6.07) is 0. The maximum atomic E-state index is 12.9. The highest BCUT2D eigenvalue weighted by molar-refractivity contribution is 7.47. The van der Waals surface area contributed by atoms with Crippen molar-refractivity contribution in [1.29, 1.82) is 0 Å². The second-order valence-electron chi connectivity index (χ2n) is 19.4. The zero-order valence-electron chi connectivity index (χ0n) is 46.1. The van der Waals surface area contributed by atoms with E-state index in [0.29, 0.717) is 19.3 Å². The second-order valence-corrected chi connectivity index (χ2v) is 20.9. The van der Waals surface area contributed by atoms with E-state index in [1.165, 1.54) is 96.3 Å². The van der Waals surface area contributed by atoms with E-state index in [4.69, 9.17) is 23.3 Å². The Morgan fingerprint density at radius 3 is 1.14 bits per heavy atom. The summed E-state index contributed by atoms with van der Waals surface area (Å²) in [5.41, 5.74) is 0. The van der Waals surface area contributed by atoms with Crippen molar-refractivity contribution in [1.82, 2.24) is 0 Å². The molecule has 11 nitrogen and oxygen atoms in total. The van der Waals surface area contributed by atoms with E-state index in [0.717, 1.165) is 109 Å². The summed E-state index contributed by atoms with van der Waals surface area (Å²) in [6.45, 7) is 4.50. The van der Waals surface area contributed by atoms with Gasteiger partial charge in [0.25, 0.3) is 0 Å². The number of carbonyl (C=O) groups is 3. The van der Waals surface area contributed by atoms with E-state index in [9.17, 15) is 28.9 Å². The molecule has 0 fully saturated rings. The molecule has 0 aromatic heterocycles. The molecule has 0 radical (unpaired) electrons. The minimum absolute atomic E-state index is 0.164. The van der Waals surface area contributed by atoms with E-state index in [-0.39, 0.29) is 25.9 Å². The van der Waals surface area contributed by atoms with Crippen LogP contribution in [0.2, 0.25) is 0 Å². The number of aliphatic hydroxyl groups excluding tert-OH is 1. The van der Waals surface area contributed by atoms with Gasteiger partial charge in [-0.2, -0.15) is 0 Å². The first-order valence-corrected chi connectivity index (χ1v) is 30.7. The van der Waals surface area contributed by atoms with Crippen molar-refractivity contribution >= 4 is 25.7 Å². The van der Waals surface area contributed by atoms with Crippen molar-refractivity contribution in [2.75, 3.05) is 26.4 Å². The van der Waals surface area contributed by atoms with Crippen molar-refractivity contribution < 1.29 is 52.2 Å². The fourth-order valence-electron chi connectivity index (χ4n) is 7.99. The standard InChI is InChI=1S/C60H107O11P/c1-4-7-10-13-16-19-22-25-27-28-30-32-34-37-40-43-46-49-58(62)67-53-57(71-60(64)51-48-45-42-39-36-33-29-26-23-20-17-14-11-8-5-2)55-69-72(65,66)68-54-56(52-61)70-59(63)50-47-44-41-38-35-31-24-21-18-15-12-9-6-3/h7,10,16,19,21,24-25,27,30,32,56-57,61H,4-6,8-9,11-15,17-18,20,22-23,26,28-29,31,33-55H2,1-3H3,(H,65,66)/b10-7-,19-16-,24-21-,27-25-,32-30-. The summed E-state index contributed by atoms with van der Waals surface area (Å²) in [5, 5.41) is 9.80. The van der Waals surface area contributed by atoms with Gasteiger partial charge in [-0.1, -0.05) is 223 Å². The van der Waals surface area contributed by atoms with Crippen LogP contribution in [0.5, 0.6) is 0 Å². The normalized spacial score (nSPS) is 13.8. The molecule has 0 aromatic carbocycles. The highest BCUT2D eigenvalue weighted by atomic mass is 31.2. The molecule has 0 rings (SSSR count). The van der Waals surface area contributed by atoms with E-state index < -0.39 is 57.8 Å². The largest absolute Gasteiger partial charge is 0.472 e. The van der Waals surface area contributed by atoms with Gasteiger partial charge in [-0.05, 0) is 83.5 Å². The summed E-state index contributed by atoms with van der Waals surface area (Å²) < 4.78 is 39.5. The van der Waals surface area contributed by atoms with Crippen LogP contribution < -0.4 is 0 Å². The van der Waals surface area contributed by atoms with Crippen molar-refractivity contribution in [3.8, 4) is 0 Å². The molecule has 0 bridgehead atoms. The minimum atomic E-state index is -4.75. The van der Waals surface area contributed by atoms with Crippen LogP contribution in [0.25, 0.3) is 0 Å². The number of carbonyl (C=O) groups excluding carboxylic acids is 3. The molecule has 72 heavy (non-hydrogen) atoms. The monoisotopic (exact) mass is 1030 g/mol. The summed E-state index contributed by atoms with van der Waals surface area (Å²) in [7, 11) is -4.75. The first-order valence-electron chi connectivity index (χ1n) is 29.2. The van der Waals surface area contributed by atoms with Gasteiger partial charge < -0.3 is 24.2 Å². The van der Waals surface area contributed by atoms with Gasteiger partial charge in [0.2, 0.25) is 0 Å². The molecule has 0 amide bonds. The SMILES string of the molecule is CC/C=C\C/C=C\C/C=C\C/C=C\CCCCCCC(=O)OCC(COP(=O)(O)OCC(CO)OC(=O)CCCCCCC/C=C\CCCCCC)OC(=O)CCCCCCCCCCCCCCCCC. The second kappa shape index (κ2) is 54.4. The number of unbranched alkanes of at least 4 members (excludes halogenated alkanes) is 27. The molecule has 0 heterocycles. The van der Waals surface area contributed by atoms with Gasteiger partial charge in [-0.25, -0.2) is 4.57 Å². The lowest BCUT2D eigenvalue weighted by Gasteiger charge is -2.21. The summed E-state index contributed by atoms with van der Waals surface area (Å²) in [6.07, 6.45) is 58.9. The van der Waals surface area contributed by atoms with Crippen LogP contribution in [0.1, 0.15) is 265 Å². The third kappa shape index (κ3) is 52.1. The minimum Gasteiger partial charge on any atom is -0.462 e. The van der Waals surface area contributed by atoms with E-state index in [1.54, 1.807) is 0 Å². The zero-order chi connectivity index (χ0) is 52.7. The molecule has 2 N–H and O–H groups in total. The lowest BCUT2D eigenvalue weighted by atomic mass is 10.0. The van der Waals surface area contributed by atoms with Crippen molar-refractivity contribution in [2.45, 2.75) is 277 Å². The number of hydrogen-bond acceptors (Lipinski definition) is 10. The number of esters is 3. The number of rotatable bonds is 54. The van der Waals surface area contributed by atoms with Crippen LogP contribution in [-0.4, -0.2) is 66.5 Å². The molecular weight excluding hydrogens is 928 g/mol. The average Bonchev–Trinajstić information content (AvgIpc) is 3.37. The summed E-state index contributed by atoms with van der Waals surface area (Å²) in [4.78, 5) is 48.5. The number of ether oxygens (including phenoxy) is 3. The molecule has 0 saturated heterocycles. The van der Waals surface area contributed by atoms with E-state index >= 15 is 0 Å². The van der Waals surface area contributed by atoms with Crippen LogP contribution in [0, 0.1) is 0 Å². The van der Waals surface area contributed by atoms with Gasteiger partial charge in [-0.15, -0.1) is 0 Å². The highest BCUT2D eigenvalue weighted by Gasteiger charge is 2.28. The Labute approximate surface area is 440 Å². The summed E-state index contributed by atoms with van der Waals surface area (Å²) in [5.74, 6) is -1.49. The molecule has 3 atom stereocenters. The molecule has 0 saturated carbocycles. The van der Waals surface area contributed by atoms with Crippen LogP contribution >= 0.6 is 7.82 Å². The third-order valence-corrected chi connectivity index (χ3v) is 13.4. The van der Waals surface area contributed by atoms with Gasteiger partial charge >= 0.3 is 25.7 Å². The van der Waals surface area contributed by atoms with E-state index in [2.05, 4.69) is 81.5 Å². The smallest absolute Gasteiger partial charge is 0.462 e. The first kappa shape index (κ1) is 69.2. The Hall–Kier alpha value is -2.82. The molecule has 3 unspecified atom stereocenters. The average molecular weight is 1040 g/mol. The molecular formula is C60H107O11P. The quantitative estimate of drug-likeness (QED) is 0.0197. The van der Waals surface area contributed by atoms with Gasteiger partial charge in [0.05, 0.1) is 19.8 Å². The van der Waals surface area contributed by atoms with Crippen molar-refractivity contribution in [3.63, 3.8) is 0 Å². The topological polar surface area (TPSA) is 155 Å². The molecule has 12 heteroatoms. The number of hydrogen-bond donors (Lipinski definition) is 2. The molecule has 0 aliphatic carbocycles. The number of phosphoric acid groups is 1. The van der Waals surface area contributed by atoms with Gasteiger partial charge in [0.1, 0.15) is 12.7 Å². The Morgan fingerprint density at radius 1 is 0.403 bits per heavy atom. The van der Waals surface area contributed by atoms with Crippen molar-refractivity contribution in [3.05, 3.63) is 60.8 Å².